The van der Waals surface area contributed by atoms with Crippen molar-refractivity contribution in [3.63, 3.8) is 0 Å². The number of hydrogen-bond acceptors (Lipinski definition) is 1. The average Bonchev–Trinajstić information content (AvgIpc) is 2.30. The Morgan fingerprint density at radius 3 is 2.65 bits per heavy atom. The molecule has 1 fully saturated rings. The third-order valence-corrected chi connectivity index (χ3v) is 4.54. The summed E-state index contributed by atoms with van der Waals surface area (Å²) in [6.45, 7) is 3.44. The van der Waals surface area contributed by atoms with Gasteiger partial charge in [0.2, 0.25) is 0 Å². The van der Waals surface area contributed by atoms with Crippen LogP contribution < -0.4 is 5.32 Å². The molecule has 1 aliphatic carbocycles. The lowest BCUT2D eigenvalue weighted by Crippen LogP contribution is -2.20. The molecule has 3 heteroatoms. The van der Waals surface area contributed by atoms with Crippen LogP contribution in [-0.4, -0.2) is 6.54 Å². The lowest BCUT2D eigenvalue weighted by atomic mass is 9.83. The van der Waals surface area contributed by atoms with Gasteiger partial charge in [-0.15, -0.1) is 0 Å². The maximum Gasteiger partial charge on any atom is 0.0485 e. The Hall–Kier alpha value is -0.210. The van der Waals surface area contributed by atoms with Gasteiger partial charge in [-0.05, 0) is 58.8 Å². The number of rotatable bonds is 3. The molecule has 94 valence electrons. The fraction of sp³-hybridized carbons (Fsp3) is 0.571. The Kier molecular flexibility index (Phi) is 4.75. The highest BCUT2D eigenvalue weighted by molar-refractivity contribution is 9.10. The van der Waals surface area contributed by atoms with Crippen LogP contribution in [0.1, 0.15) is 32.6 Å². The molecular weight excluding hydrogens is 298 g/mol. The lowest BCUT2D eigenvalue weighted by molar-refractivity contribution is 0.300. The molecule has 0 unspecified atom stereocenters. The molecule has 1 saturated carbocycles. The Morgan fingerprint density at radius 2 is 2.00 bits per heavy atom. The molecule has 0 amide bonds. The summed E-state index contributed by atoms with van der Waals surface area (Å²) in [4.78, 5) is 0. The zero-order valence-electron chi connectivity index (χ0n) is 10.2. The highest BCUT2D eigenvalue weighted by Gasteiger charge is 2.17. The van der Waals surface area contributed by atoms with E-state index in [-0.39, 0.29) is 0 Å². The maximum atomic E-state index is 5.92. The highest BCUT2D eigenvalue weighted by Crippen LogP contribution is 2.30. The van der Waals surface area contributed by atoms with Crippen molar-refractivity contribution in [2.75, 3.05) is 11.9 Å². The van der Waals surface area contributed by atoms with Gasteiger partial charge in [0.05, 0.1) is 0 Å². The molecule has 0 saturated heterocycles. The molecule has 0 aromatic heterocycles. The van der Waals surface area contributed by atoms with E-state index in [9.17, 15) is 0 Å². The first-order valence-electron chi connectivity index (χ1n) is 6.34. The van der Waals surface area contributed by atoms with Gasteiger partial charge in [-0.2, -0.15) is 0 Å². The second-order valence-corrected chi connectivity index (χ2v) is 6.42. The van der Waals surface area contributed by atoms with Crippen LogP contribution in [0.15, 0.2) is 22.7 Å². The Morgan fingerprint density at radius 1 is 1.29 bits per heavy atom. The van der Waals surface area contributed by atoms with Crippen molar-refractivity contribution in [1.29, 1.82) is 0 Å². The first kappa shape index (κ1) is 13.2. The standard InChI is InChI=1S/C14H19BrClN/c1-10-2-4-11(5-3-10)9-17-14-7-6-12(16)8-13(14)15/h6-8,10-11,17H,2-5,9H2,1H3. The van der Waals surface area contributed by atoms with E-state index in [1.807, 2.05) is 18.2 Å². The zero-order chi connectivity index (χ0) is 12.3. The molecular formula is C14H19BrClN. The smallest absolute Gasteiger partial charge is 0.0485 e. The molecule has 0 radical (unpaired) electrons. The summed E-state index contributed by atoms with van der Waals surface area (Å²) in [6.07, 6.45) is 5.49. The number of hydrogen-bond donors (Lipinski definition) is 1. The van der Waals surface area contributed by atoms with Crippen LogP contribution in [-0.2, 0) is 0 Å². The largest absolute Gasteiger partial charge is 0.384 e. The van der Waals surface area contributed by atoms with Gasteiger partial charge in [0.1, 0.15) is 0 Å². The van der Waals surface area contributed by atoms with Crippen LogP contribution in [0.2, 0.25) is 5.02 Å². The molecule has 1 N–H and O–H groups in total. The normalized spacial score (nSPS) is 24.6. The van der Waals surface area contributed by atoms with Gasteiger partial charge in [0.25, 0.3) is 0 Å². The third kappa shape index (κ3) is 3.89. The average molecular weight is 317 g/mol. The molecule has 0 bridgehead atoms. The fourth-order valence-electron chi connectivity index (χ4n) is 2.42. The summed E-state index contributed by atoms with van der Waals surface area (Å²) in [5, 5.41) is 4.29. The second kappa shape index (κ2) is 6.10. The molecule has 1 aliphatic rings. The second-order valence-electron chi connectivity index (χ2n) is 5.13. The van der Waals surface area contributed by atoms with Gasteiger partial charge in [0, 0.05) is 21.7 Å². The zero-order valence-corrected chi connectivity index (χ0v) is 12.5. The van der Waals surface area contributed by atoms with Crippen molar-refractivity contribution in [2.45, 2.75) is 32.6 Å². The lowest BCUT2D eigenvalue weighted by Gasteiger charge is -2.26. The van der Waals surface area contributed by atoms with E-state index in [0.717, 1.165) is 33.6 Å². The molecule has 0 atom stereocenters. The van der Waals surface area contributed by atoms with Gasteiger partial charge >= 0.3 is 0 Å². The molecule has 1 nitrogen and oxygen atoms in total. The van der Waals surface area contributed by atoms with Crippen LogP contribution in [0.4, 0.5) is 5.69 Å². The van der Waals surface area contributed by atoms with E-state index >= 15 is 0 Å². The molecule has 1 aromatic rings. The van der Waals surface area contributed by atoms with Crippen molar-refractivity contribution in [1.82, 2.24) is 0 Å². The summed E-state index contributed by atoms with van der Waals surface area (Å²) >= 11 is 9.46. The van der Waals surface area contributed by atoms with E-state index in [4.69, 9.17) is 11.6 Å². The van der Waals surface area contributed by atoms with Gasteiger partial charge < -0.3 is 5.32 Å². The van der Waals surface area contributed by atoms with Gasteiger partial charge in [-0.25, -0.2) is 0 Å². The van der Waals surface area contributed by atoms with Crippen LogP contribution in [0.25, 0.3) is 0 Å². The first-order valence-corrected chi connectivity index (χ1v) is 7.51. The molecule has 1 aromatic carbocycles. The van der Waals surface area contributed by atoms with Crippen molar-refractivity contribution in [3.8, 4) is 0 Å². The van der Waals surface area contributed by atoms with E-state index in [0.29, 0.717) is 0 Å². The van der Waals surface area contributed by atoms with E-state index in [1.165, 1.54) is 25.7 Å². The number of halogens is 2. The molecule has 0 aliphatic heterocycles. The number of nitrogens with one attached hydrogen (secondary N) is 1. The monoisotopic (exact) mass is 315 g/mol. The van der Waals surface area contributed by atoms with E-state index < -0.39 is 0 Å². The minimum atomic E-state index is 0.772. The Bertz CT molecular complexity index is 372. The molecule has 0 spiro atoms. The van der Waals surface area contributed by atoms with Crippen molar-refractivity contribution >= 4 is 33.2 Å². The maximum absolute atomic E-state index is 5.92. The quantitative estimate of drug-likeness (QED) is 0.793. The summed E-state index contributed by atoms with van der Waals surface area (Å²) in [7, 11) is 0. The Balaban J connectivity index is 1.85. The highest BCUT2D eigenvalue weighted by atomic mass is 79.9. The van der Waals surface area contributed by atoms with Gasteiger partial charge in [-0.3, -0.25) is 0 Å². The summed E-state index contributed by atoms with van der Waals surface area (Å²) in [5.41, 5.74) is 1.15. The summed E-state index contributed by atoms with van der Waals surface area (Å²) in [6, 6.07) is 5.91. The topological polar surface area (TPSA) is 12.0 Å². The van der Waals surface area contributed by atoms with Gasteiger partial charge in [-0.1, -0.05) is 31.4 Å². The van der Waals surface area contributed by atoms with E-state index in [2.05, 4.69) is 28.2 Å². The number of anilines is 1. The third-order valence-electron chi connectivity index (χ3n) is 3.65. The minimum absolute atomic E-state index is 0.772. The minimum Gasteiger partial charge on any atom is -0.384 e. The molecule has 2 rings (SSSR count). The SMILES string of the molecule is CC1CCC(CNc2ccc(Cl)cc2Br)CC1. The van der Waals surface area contributed by atoms with Gasteiger partial charge in [0.15, 0.2) is 0 Å². The van der Waals surface area contributed by atoms with Crippen LogP contribution >= 0.6 is 27.5 Å². The van der Waals surface area contributed by atoms with Crippen molar-refractivity contribution in [3.05, 3.63) is 27.7 Å². The van der Waals surface area contributed by atoms with Crippen molar-refractivity contribution < 1.29 is 0 Å². The Labute approximate surface area is 117 Å². The predicted octanol–water partition coefficient (Wildman–Crippen LogP) is 5.34. The van der Waals surface area contributed by atoms with Crippen LogP contribution in [0.5, 0.6) is 0 Å². The van der Waals surface area contributed by atoms with Crippen LogP contribution in [0.3, 0.4) is 0 Å². The molecule has 0 heterocycles. The van der Waals surface area contributed by atoms with Crippen molar-refractivity contribution in [2.24, 2.45) is 11.8 Å². The fourth-order valence-corrected chi connectivity index (χ4v) is 3.24. The number of benzene rings is 1. The van der Waals surface area contributed by atoms with Crippen LogP contribution in [0, 0.1) is 11.8 Å². The van der Waals surface area contributed by atoms with E-state index in [1.54, 1.807) is 0 Å². The predicted molar refractivity (Wildman–Crippen MR) is 78.8 cm³/mol. The molecule has 17 heavy (non-hydrogen) atoms. The summed E-state index contributed by atoms with van der Waals surface area (Å²) < 4.78 is 1.05. The summed E-state index contributed by atoms with van der Waals surface area (Å²) in [5.74, 6) is 1.75. The first-order chi connectivity index (χ1) is 8.15.